The predicted octanol–water partition coefficient (Wildman–Crippen LogP) is 1.62. The number of nitrogens with one attached hydrogen (secondary N) is 2. The Bertz CT molecular complexity index is 474. The van der Waals surface area contributed by atoms with Crippen molar-refractivity contribution in [2.75, 3.05) is 6.79 Å². The highest BCUT2D eigenvalue weighted by Gasteiger charge is 2.12. The minimum absolute atomic E-state index is 0.274. The van der Waals surface area contributed by atoms with Crippen molar-refractivity contribution in [1.82, 2.24) is 10.7 Å². The Morgan fingerprint density at radius 3 is 2.94 bits per heavy atom. The van der Waals surface area contributed by atoms with E-state index >= 15 is 0 Å². The number of benzene rings is 1. The highest BCUT2D eigenvalue weighted by Crippen LogP contribution is 2.31. The zero-order valence-corrected chi connectivity index (χ0v) is 11.1. The molecule has 0 saturated heterocycles. The first-order valence-electron chi connectivity index (χ1n) is 5.64. The first-order valence-corrected chi connectivity index (χ1v) is 6.05. The lowest BCUT2D eigenvalue weighted by molar-refractivity contribution is 0.174. The van der Waals surface area contributed by atoms with E-state index in [0.717, 1.165) is 17.1 Å². The van der Waals surface area contributed by atoms with Gasteiger partial charge in [0.05, 0.1) is 6.21 Å². The van der Waals surface area contributed by atoms with E-state index in [1.165, 1.54) is 0 Å². The SMILES string of the molecule is CC(C)NC(=S)NN=Cc1ccc2c(c1)OCO2. The van der Waals surface area contributed by atoms with E-state index in [-0.39, 0.29) is 12.8 Å². The van der Waals surface area contributed by atoms with Gasteiger partial charge in [-0.1, -0.05) is 0 Å². The Balaban J connectivity index is 1.91. The number of hydrogen-bond donors (Lipinski definition) is 2. The molecule has 0 aliphatic carbocycles. The molecule has 0 unspecified atom stereocenters. The Labute approximate surface area is 111 Å². The van der Waals surface area contributed by atoms with Crippen molar-refractivity contribution in [1.29, 1.82) is 0 Å². The molecule has 1 aliphatic heterocycles. The van der Waals surface area contributed by atoms with Gasteiger partial charge in [0.15, 0.2) is 16.6 Å². The predicted molar refractivity (Wildman–Crippen MR) is 74.2 cm³/mol. The van der Waals surface area contributed by atoms with E-state index in [4.69, 9.17) is 21.7 Å². The highest BCUT2D eigenvalue weighted by molar-refractivity contribution is 7.80. The van der Waals surface area contributed by atoms with Crippen LogP contribution in [0, 0.1) is 0 Å². The minimum atomic E-state index is 0.274. The average molecular weight is 265 g/mol. The molecular weight excluding hydrogens is 250 g/mol. The van der Waals surface area contributed by atoms with Crippen molar-refractivity contribution < 1.29 is 9.47 Å². The summed E-state index contributed by atoms with van der Waals surface area (Å²) in [7, 11) is 0. The second-order valence-electron chi connectivity index (χ2n) is 4.11. The van der Waals surface area contributed by atoms with E-state index < -0.39 is 0 Å². The Hall–Kier alpha value is -1.82. The molecule has 0 atom stereocenters. The van der Waals surface area contributed by atoms with Gasteiger partial charge in [-0.15, -0.1) is 0 Å². The fraction of sp³-hybridized carbons (Fsp3) is 0.333. The summed E-state index contributed by atoms with van der Waals surface area (Å²) in [5, 5.41) is 7.58. The van der Waals surface area contributed by atoms with Gasteiger partial charge >= 0.3 is 0 Å². The maximum Gasteiger partial charge on any atom is 0.231 e. The van der Waals surface area contributed by atoms with E-state index in [9.17, 15) is 0 Å². The summed E-state index contributed by atoms with van der Waals surface area (Å²) < 4.78 is 10.5. The van der Waals surface area contributed by atoms with E-state index in [1.807, 2.05) is 32.0 Å². The fourth-order valence-electron chi connectivity index (χ4n) is 1.45. The molecular formula is C12H15N3O2S. The highest BCUT2D eigenvalue weighted by atomic mass is 32.1. The van der Waals surface area contributed by atoms with Crippen molar-refractivity contribution in [2.24, 2.45) is 5.10 Å². The molecule has 96 valence electrons. The molecule has 1 aromatic carbocycles. The molecule has 0 radical (unpaired) electrons. The van der Waals surface area contributed by atoms with Gasteiger partial charge in [-0.25, -0.2) is 0 Å². The summed E-state index contributed by atoms with van der Waals surface area (Å²) in [6.45, 7) is 4.29. The molecule has 1 aliphatic rings. The van der Waals surface area contributed by atoms with Gasteiger partial charge in [0.25, 0.3) is 0 Å². The summed E-state index contributed by atoms with van der Waals surface area (Å²) in [5.41, 5.74) is 3.66. The lowest BCUT2D eigenvalue weighted by Gasteiger charge is -2.09. The Morgan fingerprint density at radius 1 is 1.39 bits per heavy atom. The van der Waals surface area contributed by atoms with Crippen LogP contribution in [0.2, 0.25) is 0 Å². The van der Waals surface area contributed by atoms with Crippen LogP contribution in [-0.2, 0) is 0 Å². The molecule has 18 heavy (non-hydrogen) atoms. The molecule has 0 saturated carbocycles. The third-order valence-corrected chi connectivity index (χ3v) is 2.41. The second-order valence-corrected chi connectivity index (χ2v) is 4.52. The number of hydrogen-bond acceptors (Lipinski definition) is 4. The first-order chi connectivity index (χ1) is 8.65. The standard InChI is InChI=1S/C12H15N3O2S/c1-8(2)14-12(18)15-13-6-9-3-4-10-11(5-9)17-7-16-10/h3-6,8H,7H2,1-2H3,(H2,14,15,18). The summed E-state index contributed by atoms with van der Waals surface area (Å²) in [6, 6.07) is 5.91. The molecule has 2 N–H and O–H groups in total. The van der Waals surface area contributed by atoms with Crippen molar-refractivity contribution in [3.8, 4) is 11.5 Å². The van der Waals surface area contributed by atoms with Crippen LogP contribution >= 0.6 is 12.2 Å². The maximum atomic E-state index is 5.28. The number of fused-ring (bicyclic) bond motifs is 1. The van der Waals surface area contributed by atoms with E-state index in [1.54, 1.807) is 6.21 Å². The fourth-order valence-corrected chi connectivity index (χ4v) is 1.74. The lowest BCUT2D eigenvalue weighted by atomic mass is 10.2. The maximum absolute atomic E-state index is 5.28. The van der Waals surface area contributed by atoms with Gasteiger partial charge in [-0.2, -0.15) is 5.10 Å². The van der Waals surface area contributed by atoms with Crippen molar-refractivity contribution >= 4 is 23.5 Å². The molecule has 1 aromatic rings. The smallest absolute Gasteiger partial charge is 0.231 e. The van der Waals surface area contributed by atoms with Crippen LogP contribution < -0.4 is 20.2 Å². The lowest BCUT2D eigenvalue weighted by Crippen LogP contribution is -2.36. The third-order valence-electron chi connectivity index (χ3n) is 2.20. The van der Waals surface area contributed by atoms with Gasteiger partial charge < -0.3 is 14.8 Å². The molecule has 0 fully saturated rings. The molecule has 0 spiro atoms. The average Bonchev–Trinajstić information content (AvgIpc) is 2.75. The van der Waals surface area contributed by atoms with Crippen LogP contribution in [-0.4, -0.2) is 24.2 Å². The molecule has 1 heterocycles. The zero-order chi connectivity index (χ0) is 13.0. The summed E-state index contributed by atoms with van der Waals surface area (Å²) in [5.74, 6) is 1.50. The molecule has 2 rings (SSSR count). The quantitative estimate of drug-likeness (QED) is 0.494. The topological polar surface area (TPSA) is 54.9 Å². The number of nitrogens with zero attached hydrogens (tertiary/aromatic N) is 1. The minimum Gasteiger partial charge on any atom is -0.454 e. The van der Waals surface area contributed by atoms with Gasteiger partial charge in [0.2, 0.25) is 6.79 Å². The van der Waals surface area contributed by atoms with Gasteiger partial charge in [0, 0.05) is 6.04 Å². The third kappa shape index (κ3) is 3.33. The molecule has 0 amide bonds. The largest absolute Gasteiger partial charge is 0.454 e. The molecule has 6 heteroatoms. The van der Waals surface area contributed by atoms with Crippen LogP contribution in [0.4, 0.5) is 0 Å². The van der Waals surface area contributed by atoms with Crippen molar-refractivity contribution in [2.45, 2.75) is 19.9 Å². The van der Waals surface area contributed by atoms with Gasteiger partial charge in [0.1, 0.15) is 0 Å². The van der Waals surface area contributed by atoms with Crippen LogP contribution in [0.3, 0.4) is 0 Å². The van der Waals surface area contributed by atoms with Gasteiger partial charge in [-0.05, 0) is 49.8 Å². The summed E-state index contributed by atoms with van der Waals surface area (Å²) >= 11 is 5.04. The second kappa shape index (κ2) is 5.68. The van der Waals surface area contributed by atoms with Crippen LogP contribution in [0.1, 0.15) is 19.4 Å². The summed E-state index contributed by atoms with van der Waals surface area (Å²) in [4.78, 5) is 0. The van der Waals surface area contributed by atoms with Gasteiger partial charge in [-0.3, -0.25) is 5.43 Å². The molecule has 5 nitrogen and oxygen atoms in total. The van der Waals surface area contributed by atoms with Crippen LogP contribution in [0.25, 0.3) is 0 Å². The normalized spacial score (nSPS) is 13.1. The Kier molecular flexibility index (Phi) is 3.99. The summed E-state index contributed by atoms with van der Waals surface area (Å²) in [6.07, 6.45) is 1.68. The van der Waals surface area contributed by atoms with Crippen molar-refractivity contribution in [3.63, 3.8) is 0 Å². The number of ether oxygens (including phenoxy) is 2. The number of rotatable bonds is 3. The Morgan fingerprint density at radius 2 is 2.17 bits per heavy atom. The van der Waals surface area contributed by atoms with Crippen LogP contribution in [0.15, 0.2) is 23.3 Å². The van der Waals surface area contributed by atoms with Crippen molar-refractivity contribution in [3.05, 3.63) is 23.8 Å². The van der Waals surface area contributed by atoms with E-state index in [2.05, 4.69) is 15.8 Å². The number of hydrazone groups is 1. The van der Waals surface area contributed by atoms with E-state index in [0.29, 0.717) is 5.11 Å². The zero-order valence-electron chi connectivity index (χ0n) is 10.3. The molecule has 0 bridgehead atoms. The molecule has 0 aromatic heterocycles. The number of thiocarbonyl (C=S) groups is 1. The van der Waals surface area contributed by atoms with Crippen LogP contribution in [0.5, 0.6) is 11.5 Å². The first kappa shape index (κ1) is 12.6. The monoisotopic (exact) mass is 265 g/mol.